The Morgan fingerprint density at radius 1 is 1.20 bits per heavy atom. The minimum atomic E-state index is 0.162. The Hall–Kier alpha value is -1.81. The van der Waals surface area contributed by atoms with Gasteiger partial charge in [-0.15, -0.1) is 0 Å². The zero-order valence-electron chi connectivity index (χ0n) is 11.9. The Labute approximate surface area is 118 Å². The van der Waals surface area contributed by atoms with E-state index in [9.17, 15) is 0 Å². The van der Waals surface area contributed by atoms with E-state index in [1.165, 1.54) is 0 Å². The van der Waals surface area contributed by atoms with Gasteiger partial charge in [0.1, 0.15) is 11.9 Å². The summed E-state index contributed by atoms with van der Waals surface area (Å²) < 4.78 is 11.8. The van der Waals surface area contributed by atoms with Crippen LogP contribution in [-0.2, 0) is 4.74 Å². The number of hydrogen-bond acceptors (Lipinski definition) is 4. The van der Waals surface area contributed by atoms with Crippen LogP contribution in [0.1, 0.15) is 26.7 Å². The molecule has 2 unspecified atom stereocenters. The first-order chi connectivity index (χ1) is 9.63. The Balaban J connectivity index is 1.85. The van der Waals surface area contributed by atoms with Crippen molar-refractivity contribution in [1.82, 2.24) is 4.98 Å². The lowest BCUT2D eigenvalue weighted by Crippen LogP contribution is -2.35. The zero-order chi connectivity index (χ0) is 14.1. The van der Waals surface area contributed by atoms with Crippen molar-refractivity contribution in [2.45, 2.75) is 45.0 Å². The fourth-order valence-corrected chi connectivity index (χ4v) is 2.90. The Morgan fingerprint density at radius 3 is 2.70 bits per heavy atom. The molecule has 3 rings (SSSR count). The van der Waals surface area contributed by atoms with Crippen LogP contribution in [0.3, 0.4) is 0 Å². The molecule has 0 radical (unpaired) electrons. The van der Waals surface area contributed by atoms with Gasteiger partial charge in [-0.25, -0.2) is 0 Å². The van der Waals surface area contributed by atoms with E-state index < -0.39 is 0 Å². The van der Waals surface area contributed by atoms with Crippen LogP contribution in [0, 0.1) is 0 Å². The molecule has 0 amide bonds. The summed E-state index contributed by atoms with van der Waals surface area (Å²) in [6.45, 7) is 4.17. The largest absolute Gasteiger partial charge is 0.488 e. The molecule has 1 aliphatic heterocycles. The molecule has 0 aliphatic carbocycles. The summed E-state index contributed by atoms with van der Waals surface area (Å²) in [5.41, 5.74) is 6.91. The average molecular weight is 272 g/mol. The molecule has 1 aromatic carbocycles. The molecule has 0 spiro atoms. The van der Waals surface area contributed by atoms with Crippen molar-refractivity contribution in [3.8, 4) is 5.75 Å². The molecule has 2 aromatic rings. The van der Waals surface area contributed by atoms with Crippen LogP contribution in [-0.4, -0.2) is 23.3 Å². The van der Waals surface area contributed by atoms with Crippen molar-refractivity contribution >= 4 is 16.5 Å². The summed E-state index contributed by atoms with van der Waals surface area (Å²) in [6.07, 6.45) is 5.99. The number of pyridine rings is 1. The van der Waals surface area contributed by atoms with Gasteiger partial charge in [0, 0.05) is 36.0 Å². The van der Waals surface area contributed by atoms with Crippen LogP contribution in [0.15, 0.2) is 30.6 Å². The molecule has 1 saturated heterocycles. The Bertz CT molecular complexity index is 604. The highest BCUT2D eigenvalue weighted by Gasteiger charge is 2.26. The molecular weight excluding hydrogens is 252 g/mol. The van der Waals surface area contributed by atoms with Crippen LogP contribution in [0.5, 0.6) is 5.75 Å². The molecule has 1 aromatic heterocycles. The second kappa shape index (κ2) is 5.29. The number of nitrogens with zero attached hydrogens (tertiary/aromatic N) is 1. The molecule has 20 heavy (non-hydrogen) atoms. The number of ether oxygens (including phenoxy) is 2. The van der Waals surface area contributed by atoms with E-state index in [1.54, 1.807) is 6.20 Å². The first kappa shape index (κ1) is 13.2. The second-order valence-corrected chi connectivity index (χ2v) is 5.54. The molecule has 0 bridgehead atoms. The van der Waals surface area contributed by atoms with Gasteiger partial charge in [-0.1, -0.05) is 0 Å². The maximum absolute atomic E-state index is 6.22. The summed E-state index contributed by atoms with van der Waals surface area (Å²) in [4.78, 5) is 4.11. The number of nitrogen functional groups attached to an aromatic ring is 1. The van der Waals surface area contributed by atoms with Gasteiger partial charge < -0.3 is 15.2 Å². The van der Waals surface area contributed by atoms with E-state index in [2.05, 4.69) is 18.8 Å². The summed E-state index contributed by atoms with van der Waals surface area (Å²) in [5, 5.41) is 2.02. The highest BCUT2D eigenvalue weighted by molar-refractivity contribution is 5.95. The maximum Gasteiger partial charge on any atom is 0.143 e. The molecular formula is C16H20N2O2. The third-order valence-corrected chi connectivity index (χ3v) is 3.77. The van der Waals surface area contributed by atoms with E-state index in [4.69, 9.17) is 15.2 Å². The second-order valence-electron chi connectivity index (χ2n) is 5.54. The fraction of sp³-hybridized carbons (Fsp3) is 0.438. The van der Waals surface area contributed by atoms with E-state index in [0.717, 1.165) is 29.4 Å². The van der Waals surface area contributed by atoms with Crippen molar-refractivity contribution in [1.29, 1.82) is 0 Å². The summed E-state index contributed by atoms with van der Waals surface area (Å²) in [7, 11) is 0. The summed E-state index contributed by atoms with van der Waals surface area (Å²) >= 11 is 0. The third-order valence-electron chi connectivity index (χ3n) is 3.77. The van der Waals surface area contributed by atoms with E-state index in [-0.39, 0.29) is 18.3 Å². The van der Waals surface area contributed by atoms with Crippen molar-refractivity contribution in [2.24, 2.45) is 0 Å². The Morgan fingerprint density at radius 2 is 1.95 bits per heavy atom. The smallest absolute Gasteiger partial charge is 0.143 e. The van der Waals surface area contributed by atoms with Gasteiger partial charge >= 0.3 is 0 Å². The monoisotopic (exact) mass is 272 g/mol. The lowest BCUT2D eigenvalue weighted by Gasteiger charge is -2.32. The third kappa shape index (κ3) is 2.56. The first-order valence-corrected chi connectivity index (χ1v) is 7.08. The van der Waals surface area contributed by atoms with E-state index in [1.807, 2.05) is 24.4 Å². The number of rotatable bonds is 2. The number of hydrogen-bond donors (Lipinski definition) is 1. The van der Waals surface area contributed by atoms with E-state index >= 15 is 0 Å². The molecule has 4 nitrogen and oxygen atoms in total. The molecule has 1 fully saturated rings. The number of fused-ring (bicyclic) bond motifs is 1. The van der Waals surface area contributed by atoms with Crippen LogP contribution < -0.4 is 10.5 Å². The molecule has 4 heteroatoms. The zero-order valence-corrected chi connectivity index (χ0v) is 11.9. The molecule has 2 atom stereocenters. The number of benzene rings is 1. The highest BCUT2D eigenvalue weighted by Crippen LogP contribution is 2.33. The highest BCUT2D eigenvalue weighted by atomic mass is 16.5. The van der Waals surface area contributed by atoms with Gasteiger partial charge in [-0.05, 0) is 32.0 Å². The molecule has 106 valence electrons. The number of nitrogens with two attached hydrogens (primary N) is 1. The van der Waals surface area contributed by atoms with Gasteiger partial charge in [0.05, 0.1) is 17.9 Å². The van der Waals surface area contributed by atoms with Crippen molar-refractivity contribution < 1.29 is 9.47 Å². The lowest BCUT2D eigenvalue weighted by molar-refractivity contribution is -0.0719. The predicted molar refractivity (Wildman–Crippen MR) is 79.8 cm³/mol. The number of anilines is 1. The van der Waals surface area contributed by atoms with Crippen LogP contribution >= 0.6 is 0 Å². The van der Waals surface area contributed by atoms with Gasteiger partial charge in [0.15, 0.2) is 0 Å². The quantitative estimate of drug-likeness (QED) is 0.853. The van der Waals surface area contributed by atoms with Crippen LogP contribution in [0.4, 0.5) is 5.69 Å². The lowest BCUT2D eigenvalue weighted by atomic mass is 10.0. The molecule has 2 heterocycles. The molecule has 1 aliphatic rings. The number of aromatic nitrogens is 1. The fourth-order valence-electron chi connectivity index (χ4n) is 2.90. The standard InChI is InChI=1S/C16H20N2O2/c1-10-7-13(8-11(2)19-10)20-15-4-3-12-9-18-6-5-14(12)16(15)17/h3-6,9-11,13H,7-8,17H2,1-2H3. The van der Waals surface area contributed by atoms with E-state index in [0.29, 0.717) is 5.69 Å². The van der Waals surface area contributed by atoms with Crippen LogP contribution in [0.25, 0.3) is 10.8 Å². The average Bonchev–Trinajstić information content (AvgIpc) is 2.41. The van der Waals surface area contributed by atoms with Crippen molar-refractivity contribution in [3.63, 3.8) is 0 Å². The van der Waals surface area contributed by atoms with Gasteiger partial charge in [0.2, 0.25) is 0 Å². The molecule has 2 N–H and O–H groups in total. The minimum absolute atomic E-state index is 0.162. The predicted octanol–water partition coefficient (Wildman–Crippen LogP) is 3.15. The van der Waals surface area contributed by atoms with Crippen LogP contribution in [0.2, 0.25) is 0 Å². The topological polar surface area (TPSA) is 57.4 Å². The van der Waals surface area contributed by atoms with Crippen molar-refractivity contribution in [3.05, 3.63) is 30.6 Å². The summed E-state index contributed by atoms with van der Waals surface area (Å²) in [6, 6.07) is 5.86. The maximum atomic E-state index is 6.22. The SMILES string of the molecule is CC1CC(Oc2ccc3cnccc3c2N)CC(C)O1. The first-order valence-electron chi connectivity index (χ1n) is 7.08. The Kier molecular flexibility index (Phi) is 3.49. The van der Waals surface area contributed by atoms with Gasteiger partial charge in [-0.2, -0.15) is 0 Å². The summed E-state index contributed by atoms with van der Waals surface area (Å²) in [5.74, 6) is 0.759. The van der Waals surface area contributed by atoms with Crippen molar-refractivity contribution in [2.75, 3.05) is 5.73 Å². The van der Waals surface area contributed by atoms with Gasteiger partial charge in [0.25, 0.3) is 0 Å². The minimum Gasteiger partial charge on any atom is -0.488 e. The molecule has 0 saturated carbocycles. The van der Waals surface area contributed by atoms with Gasteiger partial charge in [-0.3, -0.25) is 4.98 Å². The normalized spacial score (nSPS) is 26.6.